The van der Waals surface area contributed by atoms with Crippen LogP contribution in [0.5, 0.6) is 0 Å². The average molecular weight is 266 g/mol. The molecule has 98 valence electrons. The van der Waals surface area contributed by atoms with Crippen molar-refractivity contribution in [1.29, 1.82) is 0 Å². The molecule has 1 N–H and O–H groups in total. The number of aryl methyl sites for hydroxylation is 1. The zero-order valence-electron chi connectivity index (χ0n) is 9.88. The minimum atomic E-state index is -1.26. The molecule has 0 aliphatic carbocycles. The van der Waals surface area contributed by atoms with Crippen LogP contribution in [0.15, 0.2) is 30.3 Å². The molecule has 2 rings (SSSR count). The number of carbonyl (C=O) groups is 1. The fourth-order valence-electron chi connectivity index (χ4n) is 1.81. The lowest BCUT2D eigenvalue weighted by atomic mass is 9.99. The third-order valence-electron chi connectivity index (χ3n) is 2.78. The third kappa shape index (κ3) is 2.45. The number of hydrogen-bond donors (Lipinski definition) is 1. The summed E-state index contributed by atoms with van der Waals surface area (Å²) in [6, 6.07) is 5.28. The number of carboxylic acid groups (broad SMARTS) is 1. The van der Waals surface area contributed by atoms with Crippen LogP contribution in [0.1, 0.15) is 15.9 Å². The molecule has 2 nitrogen and oxygen atoms in total. The predicted molar refractivity (Wildman–Crippen MR) is 63.4 cm³/mol. The maximum atomic E-state index is 13.6. The highest BCUT2D eigenvalue weighted by Gasteiger charge is 2.13. The molecule has 0 saturated heterocycles. The van der Waals surface area contributed by atoms with E-state index >= 15 is 0 Å². The fourth-order valence-corrected chi connectivity index (χ4v) is 1.81. The highest BCUT2D eigenvalue weighted by atomic mass is 19.2. The molecule has 0 atom stereocenters. The summed E-state index contributed by atoms with van der Waals surface area (Å²) >= 11 is 0. The Hall–Kier alpha value is -2.30. The number of carboxylic acids is 1. The van der Waals surface area contributed by atoms with E-state index < -0.39 is 23.4 Å². The van der Waals surface area contributed by atoms with Gasteiger partial charge in [0.1, 0.15) is 5.82 Å². The normalized spacial score (nSPS) is 10.5. The first-order chi connectivity index (χ1) is 8.90. The molecule has 0 fully saturated rings. The molecule has 0 aliphatic rings. The van der Waals surface area contributed by atoms with Gasteiger partial charge < -0.3 is 5.11 Å². The summed E-state index contributed by atoms with van der Waals surface area (Å²) in [6.07, 6.45) is 0. The molecule has 2 aromatic rings. The number of benzene rings is 2. The van der Waals surface area contributed by atoms with Gasteiger partial charge in [-0.05, 0) is 30.2 Å². The van der Waals surface area contributed by atoms with E-state index in [0.717, 1.165) is 6.07 Å². The molecular formula is C14H9F3O2. The van der Waals surface area contributed by atoms with Crippen LogP contribution in [-0.2, 0) is 0 Å². The third-order valence-corrected chi connectivity index (χ3v) is 2.78. The molecule has 0 radical (unpaired) electrons. The van der Waals surface area contributed by atoms with Gasteiger partial charge in [-0.25, -0.2) is 18.0 Å². The molecule has 19 heavy (non-hydrogen) atoms. The zero-order valence-corrected chi connectivity index (χ0v) is 9.88. The molecule has 0 spiro atoms. The highest BCUT2D eigenvalue weighted by molar-refractivity contribution is 5.90. The van der Waals surface area contributed by atoms with E-state index in [2.05, 4.69) is 0 Å². The Bertz CT molecular complexity index is 666. The van der Waals surface area contributed by atoms with Crippen molar-refractivity contribution in [2.75, 3.05) is 0 Å². The fraction of sp³-hybridized carbons (Fsp3) is 0.0714. The summed E-state index contributed by atoms with van der Waals surface area (Å²) < 4.78 is 39.5. The molecule has 0 saturated carbocycles. The van der Waals surface area contributed by atoms with E-state index in [0.29, 0.717) is 17.2 Å². The SMILES string of the molecule is Cc1cc(-c2cc(F)c(F)cc2F)ccc1C(=O)O. The van der Waals surface area contributed by atoms with Crippen molar-refractivity contribution in [2.45, 2.75) is 6.92 Å². The van der Waals surface area contributed by atoms with Gasteiger partial charge in [-0.1, -0.05) is 12.1 Å². The minimum Gasteiger partial charge on any atom is -0.478 e. The van der Waals surface area contributed by atoms with Gasteiger partial charge in [0, 0.05) is 11.6 Å². The van der Waals surface area contributed by atoms with Crippen molar-refractivity contribution in [3.05, 3.63) is 58.9 Å². The smallest absolute Gasteiger partial charge is 0.335 e. The summed E-state index contributed by atoms with van der Waals surface area (Å²) in [6.45, 7) is 1.55. The van der Waals surface area contributed by atoms with Gasteiger partial charge in [-0.15, -0.1) is 0 Å². The van der Waals surface area contributed by atoms with Crippen LogP contribution in [0, 0.1) is 24.4 Å². The van der Waals surface area contributed by atoms with Crippen molar-refractivity contribution in [3.8, 4) is 11.1 Å². The van der Waals surface area contributed by atoms with Crippen LogP contribution in [0.25, 0.3) is 11.1 Å². The first kappa shape index (κ1) is 13.1. The first-order valence-corrected chi connectivity index (χ1v) is 5.39. The van der Waals surface area contributed by atoms with Crippen LogP contribution < -0.4 is 0 Å². The molecule has 5 heteroatoms. The van der Waals surface area contributed by atoms with Gasteiger partial charge in [0.25, 0.3) is 0 Å². The Balaban J connectivity index is 2.57. The topological polar surface area (TPSA) is 37.3 Å². The Morgan fingerprint density at radius 3 is 2.21 bits per heavy atom. The van der Waals surface area contributed by atoms with E-state index in [1.165, 1.54) is 18.2 Å². The molecule has 0 bridgehead atoms. The van der Waals surface area contributed by atoms with Gasteiger partial charge in [0.05, 0.1) is 5.56 Å². The maximum Gasteiger partial charge on any atom is 0.335 e. The van der Waals surface area contributed by atoms with Crippen molar-refractivity contribution >= 4 is 5.97 Å². The molecule has 0 unspecified atom stereocenters. The van der Waals surface area contributed by atoms with E-state index in [9.17, 15) is 18.0 Å². The van der Waals surface area contributed by atoms with Crippen molar-refractivity contribution in [2.24, 2.45) is 0 Å². The van der Waals surface area contributed by atoms with Crippen LogP contribution in [0.2, 0.25) is 0 Å². The Kier molecular flexibility index (Phi) is 3.29. The van der Waals surface area contributed by atoms with E-state index in [1.54, 1.807) is 6.92 Å². The second-order valence-electron chi connectivity index (χ2n) is 4.08. The van der Waals surface area contributed by atoms with Crippen molar-refractivity contribution in [3.63, 3.8) is 0 Å². The molecular weight excluding hydrogens is 257 g/mol. The van der Waals surface area contributed by atoms with Crippen molar-refractivity contribution in [1.82, 2.24) is 0 Å². The lowest BCUT2D eigenvalue weighted by molar-refractivity contribution is 0.0696. The van der Waals surface area contributed by atoms with Crippen molar-refractivity contribution < 1.29 is 23.1 Å². The highest BCUT2D eigenvalue weighted by Crippen LogP contribution is 2.27. The minimum absolute atomic E-state index is 0.0757. The standard InChI is InChI=1S/C14H9F3O2/c1-7-4-8(2-3-9(7)14(18)19)10-5-12(16)13(17)6-11(10)15/h2-6H,1H3,(H,18,19). The van der Waals surface area contributed by atoms with Crippen LogP contribution in [0.4, 0.5) is 13.2 Å². The summed E-state index contributed by atoms with van der Waals surface area (Å²) in [7, 11) is 0. The van der Waals surface area contributed by atoms with Gasteiger partial charge in [0.2, 0.25) is 0 Å². The molecule has 0 amide bonds. The summed E-state index contributed by atoms with van der Waals surface area (Å²) in [4.78, 5) is 10.9. The van der Waals surface area contributed by atoms with E-state index in [4.69, 9.17) is 5.11 Å². The van der Waals surface area contributed by atoms with Gasteiger partial charge in [-0.3, -0.25) is 0 Å². The van der Waals surface area contributed by atoms with Gasteiger partial charge in [0.15, 0.2) is 11.6 Å². The number of rotatable bonds is 2. The number of aromatic carboxylic acids is 1. The van der Waals surface area contributed by atoms with Crippen LogP contribution in [0.3, 0.4) is 0 Å². The Morgan fingerprint density at radius 1 is 1.00 bits per heavy atom. The molecule has 0 heterocycles. The summed E-state index contributed by atoms with van der Waals surface area (Å²) in [5.74, 6) is -4.42. The Labute approximate surface area is 107 Å². The predicted octanol–water partition coefficient (Wildman–Crippen LogP) is 3.78. The lowest BCUT2D eigenvalue weighted by Gasteiger charge is -2.07. The summed E-state index contributed by atoms with van der Waals surface area (Å²) in [5, 5.41) is 8.88. The van der Waals surface area contributed by atoms with E-state index in [-0.39, 0.29) is 11.1 Å². The van der Waals surface area contributed by atoms with Gasteiger partial charge >= 0.3 is 5.97 Å². The number of halogens is 3. The maximum absolute atomic E-state index is 13.6. The molecule has 0 aliphatic heterocycles. The Morgan fingerprint density at radius 2 is 1.63 bits per heavy atom. The van der Waals surface area contributed by atoms with Crippen LogP contribution >= 0.6 is 0 Å². The lowest BCUT2D eigenvalue weighted by Crippen LogP contribution is -2.00. The summed E-state index contributed by atoms with van der Waals surface area (Å²) in [5.41, 5.74) is 0.665. The second kappa shape index (κ2) is 4.76. The van der Waals surface area contributed by atoms with Crippen LogP contribution in [-0.4, -0.2) is 11.1 Å². The van der Waals surface area contributed by atoms with Gasteiger partial charge in [-0.2, -0.15) is 0 Å². The largest absolute Gasteiger partial charge is 0.478 e. The second-order valence-corrected chi connectivity index (χ2v) is 4.08. The average Bonchev–Trinajstić information content (AvgIpc) is 2.33. The first-order valence-electron chi connectivity index (χ1n) is 5.39. The van der Waals surface area contributed by atoms with E-state index in [1.807, 2.05) is 0 Å². The monoisotopic (exact) mass is 266 g/mol. The quantitative estimate of drug-likeness (QED) is 0.840. The molecule has 2 aromatic carbocycles. The molecule has 0 aromatic heterocycles. The zero-order chi connectivity index (χ0) is 14.2. The number of hydrogen-bond acceptors (Lipinski definition) is 1.